The van der Waals surface area contributed by atoms with Gasteiger partial charge in [-0.3, -0.25) is 9.69 Å². The molecule has 0 atom stereocenters. The highest BCUT2D eigenvalue weighted by atomic mass is 16.7. The standard InChI is InChI=1S/C9H15N3O3/c1-12(5-4-9(13)15-11-10)7-8-3-2-6-14-8/h2-3,6,11H,4-5,7,10H2,1H3. The van der Waals surface area contributed by atoms with E-state index in [1.165, 1.54) is 0 Å². The van der Waals surface area contributed by atoms with E-state index < -0.39 is 0 Å². The summed E-state index contributed by atoms with van der Waals surface area (Å²) in [6.07, 6.45) is 1.90. The molecule has 0 aliphatic carbocycles. The Hall–Kier alpha value is -1.37. The predicted molar refractivity (Wildman–Crippen MR) is 53.1 cm³/mol. The third-order valence-corrected chi connectivity index (χ3v) is 1.88. The number of hydrazine groups is 1. The molecule has 6 nitrogen and oxygen atoms in total. The second kappa shape index (κ2) is 6.18. The van der Waals surface area contributed by atoms with Crippen LogP contribution in [0.1, 0.15) is 12.2 Å². The molecule has 0 aliphatic rings. The second-order valence-electron chi connectivity index (χ2n) is 3.16. The van der Waals surface area contributed by atoms with Crippen LogP contribution in [0.15, 0.2) is 22.8 Å². The molecule has 0 fully saturated rings. The monoisotopic (exact) mass is 213 g/mol. The van der Waals surface area contributed by atoms with Crippen molar-refractivity contribution in [2.45, 2.75) is 13.0 Å². The van der Waals surface area contributed by atoms with Crippen LogP contribution < -0.4 is 11.4 Å². The molecule has 1 aromatic rings. The molecule has 0 amide bonds. The van der Waals surface area contributed by atoms with Crippen molar-refractivity contribution < 1.29 is 14.0 Å². The van der Waals surface area contributed by atoms with Gasteiger partial charge in [-0.15, -0.1) is 0 Å². The number of hydrogen-bond donors (Lipinski definition) is 2. The molecule has 84 valence electrons. The summed E-state index contributed by atoms with van der Waals surface area (Å²) < 4.78 is 5.17. The Morgan fingerprint density at radius 1 is 1.73 bits per heavy atom. The summed E-state index contributed by atoms with van der Waals surface area (Å²) in [5, 5.41) is 0. The molecule has 0 unspecified atom stereocenters. The van der Waals surface area contributed by atoms with Crippen LogP contribution in [0, 0.1) is 0 Å². The minimum atomic E-state index is -0.385. The molecule has 3 N–H and O–H groups in total. The molecule has 0 spiro atoms. The van der Waals surface area contributed by atoms with Gasteiger partial charge in [0.05, 0.1) is 19.2 Å². The molecule has 0 aliphatic heterocycles. The SMILES string of the molecule is CN(CCC(=O)ONN)Cc1ccco1. The number of nitrogens with two attached hydrogens (primary N) is 1. The van der Waals surface area contributed by atoms with Gasteiger partial charge in [-0.25, -0.2) is 5.84 Å². The minimum absolute atomic E-state index is 0.279. The predicted octanol–water partition coefficient (Wildman–Crippen LogP) is 0.0230. The summed E-state index contributed by atoms with van der Waals surface area (Å²) >= 11 is 0. The van der Waals surface area contributed by atoms with E-state index in [2.05, 4.69) is 4.84 Å². The lowest BCUT2D eigenvalue weighted by Gasteiger charge is -2.13. The molecule has 6 heteroatoms. The number of hydrogen-bond acceptors (Lipinski definition) is 6. The molecular formula is C9H15N3O3. The fraction of sp³-hybridized carbons (Fsp3) is 0.444. The number of rotatable bonds is 6. The fourth-order valence-corrected chi connectivity index (χ4v) is 1.15. The Kier molecular flexibility index (Phi) is 4.82. The van der Waals surface area contributed by atoms with E-state index in [4.69, 9.17) is 10.3 Å². The zero-order valence-electron chi connectivity index (χ0n) is 8.60. The van der Waals surface area contributed by atoms with Gasteiger partial charge in [-0.05, 0) is 19.2 Å². The second-order valence-corrected chi connectivity index (χ2v) is 3.16. The van der Waals surface area contributed by atoms with Crippen LogP contribution in [0.5, 0.6) is 0 Å². The van der Waals surface area contributed by atoms with Gasteiger partial charge in [0.2, 0.25) is 0 Å². The van der Waals surface area contributed by atoms with Gasteiger partial charge < -0.3 is 9.25 Å². The maximum absolute atomic E-state index is 10.9. The van der Waals surface area contributed by atoms with E-state index in [1.807, 2.05) is 29.7 Å². The van der Waals surface area contributed by atoms with Crippen LogP contribution in [-0.2, 0) is 16.2 Å². The molecule has 15 heavy (non-hydrogen) atoms. The zero-order chi connectivity index (χ0) is 11.1. The quantitative estimate of drug-likeness (QED) is 0.512. The molecule has 1 aromatic heterocycles. The number of carbonyl (C=O) groups excluding carboxylic acids is 1. The van der Waals surface area contributed by atoms with Gasteiger partial charge in [0.15, 0.2) is 0 Å². The molecule has 1 rings (SSSR count). The van der Waals surface area contributed by atoms with Crippen LogP contribution in [0.2, 0.25) is 0 Å². The minimum Gasteiger partial charge on any atom is -0.468 e. The van der Waals surface area contributed by atoms with E-state index in [9.17, 15) is 4.79 Å². The summed E-state index contributed by atoms with van der Waals surface area (Å²) in [5.74, 6) is 5.30. The maximum atomic E-state index is 10.9. The molecule has 0 radical (unpaired) electrons. The van der Waals surface area contributed by atoms with Gasteiger partial charge in [0.1, 0.15) is 5.76 Å². The van der Waals surface area contributed by atoms with Crippen molar-refractivity contribution in [1.29, 1.82) is 0 Å². The molecule has 0 aromatic carbocycles. The Labute approximate surface area is 87.9 Å². The summed E-state index contributed by atoms with van der Waals surface area (Å²) in [6, 6.07) is 3.71. The van der Waals surface area contributed by atoms with Crippen LogP contribution in [0.4, 0.5) is 0 Å². The van der Waals surface area contributed by atoms with E-state index in [0.29, 0.717) is 13.1 Å². The summed E-state index contributed by atoms with van der Waals surface area (Å²) in [6.45, 7) is 1.25. The number of nitrogens with one attached hydrogen (secondary N) is 1. The van der Waals surface area contributed by atoms with Crippen molar-refractivity contribution in [3.8, 4) is 0 Å². The first-order chi connectivity index (χ1) is 7.22. The van der Waals surface area contributed by atoms with Crippen LogP contribution in [0.25, 0.3) is 0 Å². The molecule has 0 bridgehead atoms. The normalized spacial score (nSPS) is 10.6. The van der Waals surface area contributed by atoms with Crippen LogP contribution >= 0.6 is 0 Å². The average Bonchev–Trinajstić information content (AvgIpc) is 2.68. The number of nitrogens with zero attached hydrogens (tertiary/aromatic N) is 1. The van der Waals surface area contributed by atoms with Crippen molar-refractivity contribution in [3.63, 3.8) is 0 Å². The van der Waals surface area contributed by atoms with E-state index >= 15 is 0 Å². The van der Waals surface area contributed by atoms with Gasteiger partial charge in [-0.2, -0.15) is 0 Å². The zero-order valence-corrected chi connectivity index (χ0v) is 8.60. The summed E-state index contributed by atoms with van der Waals surface area (Å²) in [5.41, 5.74) is 1.85. The Morgan fingerprint density at radius 3 is 3.13 bits per heavy atom. The number of carbonyl (C=O) groups is 1. The van der Waals surface area contributed by atoms with Crippen molar-refractivity contribution >= 4 is 5.97 Å². The molecule has 0 saturated heterocycles. The van der Waals surface area contributed by atoms with Gasteiger partial charge in [0, 0.05) is 6.54 Å². The first-order valence-electron chi connectivity index (χ1n) is 4.58. The van der Waals surface area contributed by atoms with E-state index in [0.717, 1.165) is 5.76 Å². The Balaban J connectivity index is 2.19. The third kappa shape index (κ3) is 4.59. The highest BCUT2D eigenvalue weighted by molar-refractivity contribution is 5.69. The highest BCUT2D eigenvalue weighted by Crippen LogP contribution is 2.03. The van der Waals surface area contributed by atoms with Crippen LogP contribution in [-0.4, -0.2) is 24.5 Å². The van der Waals surface area contributed by atoms with Gasteiger partial charge >= 0.3 is 5.97 Å². The van der Waals surface area contributed by atoms with Gasteiger partial charge in [0.25, 0.3) is 0 Å². The molecule has 0 saturated carbocycles. The molecular weight excluding hydrogens is 198 g/mol. The largest absolute Gasteiger partial charge is 0.468 e. The lowest BCUT2D eigenvalue weighted by molar-refractivity contribution is -0.151. The lowest BCUT2D eigenvalue weighted by Crippen LogP contribution is -2.29. The Morgan fingerprint density at radius 2 is 2.53 bits per heavy atom. The smallest absolute Gasteiger partial charge is 0.327 e. The van der Waals surface area contributed by atoms with Gasteiger partial charge in [-0.1, -0.05) is 5.59 Å². The lowest BCUT2D eigenvalue weighted by atomic mass is 10.3. The first kappa shape index (κ1) is 11.7. The maximum Gasteiger partial charge on any atom is 0.327 e. The van der Waals surface area contributed by atoms with Crippen LogP contribution in [0.3, 0.4) is 0 Å². The fourth-order valence-electron chi connectivity index (χ4n) is 1.15. The third-order valence-electron chi connectivity index (χ3n) is 1.88. The van der Waals surface area contributed by atoms with Crippen molar-refractivity contribution in [2.24, 2.45) is 5.84 Å². The number of furan rings is 1. The first-order valence-corrected chi connectivity index (χ1v) is 4.58. The van der Waals surface area contributed by atoms with Crippen molar-refractivity contribution in [2.75, 3.05) is 13.6 Å². The highest BCUT2D eigenvalue weighted by Gasteiger charge is 2.06. The topological polar surface area (TPSA) is 80.7 Å². The van der Waals surface area contributed by atoms with E-state index in [-0.39, 0.29) is 12.4 Å². The van der Waals surface area contributed by atoms with E-state index in [1.54, 1.807) is 6.26 Å². The Bertz CT molecular complexity index is 287. The van der Waals surface area contributed by atoms with Crippen molar-refractivity contribution in [1.82, 2.24) is 10.5 Å². The average molecular weight is 213 g/mol. The van der Waals surface area contributed by atoms with Crippen molar-refractivity contribution in [3.05, 3.63) is 24.2 Å². The summed E-state index contributed by atoms with van der Waals surface area (Å²) in [7, 11) is 1.89. The molecule has 1 heterocycles. The summed E-state index contributed by atoms with van der Waals surface area (Å²) in [4.78, 5) is 17.3.